The van der Waals surface area contributed by atoms with Crippen LogP contribution in [0, 0.1) is 6.92 Å². The molecule has 1 aromatic heterocycles. The minimum atomic E-state index is 0.317. The Bertz CT molecular complexity index is 571. The number of rotatable bonds is 3. The number of nitrogens with zero attached hydrogens (tertiary/aromatic N) is 1. The zero-order valence-corrected chi connectivity index (χ0v) is 11.3. The van der Waals surface area contributed by atoms with Crippen LogP contribution in [-0.4, -0.2) is 11.1 Å². The lowest BCUT2D eigenvalue weighted by molar-refractivity contribution is 0.157. The second-order valence-electron chi connectivity index (χ2n) is 5.22. The van der Waals surface area contributed by atoms with Gasteiger partial charge < -0.3 is 14.9 Å². The highest BCUT2D eigenvalue weighted by molar-refractivity contribution is 5.82. The van der Waals surface area contributed by atoms with Gasteiger partial charge in [0.25, 0.3) is 0 Å². The molecule has 1 aliphatic rings. The predicted molar refractivity (Wildman–Crippen MR) is 74.1 cm³/mol. The topological polar surface area (TPSA) is 61.3 Å². The Kier molecular flexibility index (Phi) is 3.42. The summed E-state index contributed by atoms with van der Waals surface area (Å²) in [6.07, 6.45) is 6.43. The smallest absolute Gasteiger partial charge is 0.192 e. The lowest BCUT2D eigenvalue weighted by Gasteiger charge is -2.23. The molecule has 0 spiro atoms. The third-order valence-electron chi connectivity index (χ3n) is 3.76. The lowest BCUT2D eigenvalue weighted by Crippen LogP contribution is -2.19. The fourth-order valence-electron chi connectivity index (χ4n) is 2.76. The van der Waals surface area contributed by atoms with Crippen molar-refractivity contribution >= 4 is 11.1 Å². The standard InChI is InChI=1S/C15H20N2O2/c1-10-17-14-13(19-12-5-3-2-4-6-12)8-7-11(9-16)15(14)18-10/h7-8,12H,2-6,9,16H2,1H3. The Hall–Kier alpha value is -1.55. The third-order valence-corrected chi connectivity index (χ3v) is 3.76. The van der Waals surface area contributed by atoms with Gasteiger partial charge in [0.15, 0.2) is 17.0 Å². The molecule has 0 aliphatic heterocycles. The number of oxazole rings is 1. The number of hydrogen-bond donors (Lipinski definition) is 1. The molecule has 0 radical (unpaired) electrons. The molecule has 0 atom stereocenters. The molecule has 1 fully saturated rings. The van der Waals surface area contributed by atoms with E-state index >= 15 is 0 Å². The van der Waals surface area contributed by atoms with Crippen LogP contribution in [0.4, 0.5) is 0 Å². The van der Waals surface area contributed by atoms with Crippen LogP contribution in [0.1, 0.15) is 43.6 Å². The van der Waals surface area contributed by atoms with Crippen molar-refractivity contribution < 1.29 is 9.15 Å². The summed E-state index contributed by atoms with van der Waals surface area (Å²) in [5, 5.41) is 0. The highest BCUT2D eigenvalue weighted by Crippen LogP contribution is 2.31. The summed E-state index contributed by atoms with van der Waals surface area (Å²) in [7, 11) is 0. The van der Waals surface area contributed by atoms with Gasteiger partial charge in [0, 0.05) is 19.0 Å². The summed E-state index contributed by atoms with van der Waals surface area (Å²) in [5.41, 5.74) is 8.29. The minimum Gasteiger partial charge on any atom is -0.488 e. The van der Waals surface area contributed by atoms with Crippen molar-refractivity contribution in [2.45, 2.75) is 51.7 Å². The van der Waals surface area contributed by atoms with Gasteiger partial charge in [-0.05, 0) is 31.7 Å². The maximum absolute atomic E-state index is 6.12. The van der Waals surface area contributed by atoms with Crippen LogP contribution in [-0.2, 0) is 6.54 Å². The van der Waals surface area contributed by atoms with E-state index in [1.807, 2.05) is 19.1 Å². The largest absolute Gasteiger partial charge is 0.488 e. The van der Waals surface area contributed by atoms with Gasteiger partial charge in [-0.1, -0.05) is 12.5 Å². The van der Waals surface area contributed by atoms with Gasteiger partial charge in [0.05, 0.1) is 6.10 Å². The first-order valence-corrected chi connectivity index (χ1v) is 7.03. The highest BCUT2D eigenvalue weighted by Gasteiger charge is 2.18. The van der Waals surface area contributed by atoms with Crippen LogP contribution in [0.15, 0.2) is 16.5 Å². The Morgan fingerprint density at radius 3 is 2.84 bits per heavy atom. The molecule has 3 rings (SSSR count). The summed E-state index contributed by atoms with van der Waals surface area (Å²) in [6, 6.07) is 3.95. The second-order valence-corrected chi connectivity index (χ2v) is 5.22. The number of ether oxygens (including phenoxy) is 1. The zero-order valence-electron chi connectivity index (χ0n) is 11.3. The van der Waals surface area contributed by atoms with Gasteiger partial charge >= 0.3 is 0 Å². The average Bonchev–Trinajstić information content (AvgIpc) is 2.82. The molecule has 1 aliphatic carbocycles. The van der Waals surface area contributed by atoms with Crippen LogP contribution < -0.4 is 10.5 Å². The van der Waals surface area contributed by atoms with E-state index in [1.165, 1.54) is 19.3 Å². The Balaban J connectivity index is 1.94. The van der Waals surface area contributed by atoms with Gasteiger partial charge in [0.2, 0.25) is 0 Å². The highest BCUT2D eigenvalue weighted by atomic mass is 16.5. The first kappa shape index (κ1) is 12.5. The minimum absolute atomic E-state index is 0.317. The predicted octanol–water partition coefficient (Wildman–Crippen LogP) is 3.31. The maximum Gasteiger partial charge on any atom is 0.192 e. The van der Waals surface area contributed by atoms with Crippen molar-refractivity contribution in [2.24, 2.45) is 5.73 Å². The molecular formula is C15H20N2O2. The van der Waals surface area contributed by atoms with E-state index in [2.05, 4.69) is 4.98 Å². The summed E-state index contributed by atoms with van der Waals surface area (Å²) >= 11 is 0. The first-order valence-electron chi connectivity index (χ1n) is 7.03. The van der Waals surface area contributed by atoms with Gasteiger partial charge in [-0.15, -0.1) is 0 Å². The van der Waals surface area contributed by atoms with Crippen LogP contribution >= 0.6 is 0 Å². The zero-order chi connectivity index (χ0) is 13.2. The SMILES string of the molecule is Cc1nc2c(OC3CCCCC3)ccc(CN)c2o1. The monoisotopic (exact) mass is 260 g/mol. The third kappa shape index (κ3) is 2.45. The van der Waals surface area contributed by atoms with Crippen LogP contribution in [0.2, 0.25) is 0 Å². The fraction of sp³-hybridized carbons (Fsp3) is 0.533. The van der Waals surface area contributed by atoms with Crippen molar-refractivity contribution in [1.82, 2.24) is 4.98 Å². The molecule has 102 valence electrons. The fourth-order valence-corrected chi connectivity index (χ4v) is 2.76. The van der Waals surface area contributed by atoms with E-state index < -0.39 is 0 Å². The van der Waals surface area contributed by atoms with Gasteiger partial charge in [-0.2, -0.15) is 0 Å². The molecular weight excluding hydrogens is 240 g/mol. The molecule has 1 saturated carbocycles. The van der Waals surface area contributed by atoms with Gasteiger partial charge in [0.1, 0.15) is 5.75 Å². The van der Waals surface area contributed by atoms with Crippen molar-refractivity contribution in [3.05, 3.63) is 23.6 Å². The maximum atomic E-state index is 6.12. The number of nitrogens with two attached hydrogens (primary N) is 1. The molecule has 2 aromatic rings. The normalized spacial score (nSPS) is 16.9. The Morgan fingerprint density at radius 1 is 1.32 bits per heavy atom. The number of aromatic nitrogens is 1. The lowest BCUT2D eigenvalue weighted by atomic mass is 9.98. The van der Waals surface area contributed by atoms with E-state index in [0.29, 0.717) is 18.5 Å². The Labute approximate surface area is 112 Å². The number of fused-ring (bicyclic) bond motifs is 1. The summed E-state index contributed by atoms with van der Waals surface area (Å²) in [5.74, 6) is 1.49. The number of aryl methyl sites for hydroxylation is 1. The average molecular weight is 260 g/mol. The van der Waals surface area contributed by atoms with Crippen molar-refractivity contribution in [3.8, 4) is 5.75 Å². The van der Waals surface area contributed by atoms with Crippen molar-refractivity contribution in [2.75, 3.05) is 0 Å². The molecule has 1 aromatic carbocycles. The molecule has 0 amide bonds. The van der Waals surface area contributed by atoms with E-state index in [0.717, 1.165) is 35.3 Å². The summed E-state index contributed by atoms with van der Waals surface area (Å²) < 4.78 is 11.8. The van der Waals surface area contributed by atoms with E-state index in [-0.39, 0.29) is 0 Å². The molecule has 0 bridgehead atoms. The molecule has 0 saturated heterocycles. The van der Waals surface area contributed by atoms with E-state index in [4.69, 9.17) is 14.9 Å². The molecule has 2 N–H and O–H groups in total. The van der Waals surface area contributed by atoms with Crippen LogP contribution in [0.3, 0.4) is 0 Å². The quantitative estimate of drug-likeness (QED) is 0.919. The number of hydrogen-bond acceptors (Lipinski definition) is 4. The number of benzene rings is 1. The van der Waals surface area contributed by atoms with Gasteiger partial charge in [-0.25, -0.2) is 4.98 Å². The summed E-state index contributed by atoms with van der Waals surface area (Å²) in [4.78, 5) is 4.44. The summed E-state index contributed by atoms with van der Waals surface area (Å²) in [6.45, 7) is 2.31. The second kappa shape index (κ2) is 5.21. The molecule has 4 heteroatoms. The first-order chi connectivity index (χ1) is 9.28. The van der Waals surface area contributed by atoms with Crippen LogP contribution in [0.25, 0.3) is 11.1 Å². The van der Waals surface area contributed by atoms with E-state index in [9.17, 15) is 0 Å². The molecule has 0 unspecified atom stereocenters. The van der Waals surface area contributed by atoms with Crippen molar-refractivity contribution in [1.29, 1.82) is 0 Å². The Morgan fingerprint density at radius 2 is 2.11 bits per heavy atom. The van der Waals surface area contributed by atoms with Crippen LogP contribution in [0.5, 0.6) is 5.75 Å². The molecule has 4 nitrogen and oxygen atoms in total. The van der Waals surface area contributed by atoms with E-state index in [1.54, 1.807) is 0 Å². The van der Waals surface area contributed by atoms with Crippen molar-refractivity contribution in [3.63, 3.8) is 0 Å². The molecule has 19 heavy (non-hydrogen) atoms. The molecule has 1 heterocycles. The van der Waals surface area contributed by atoms with Gasteiger partial charge in [-0.3, -0.25) is 0 Å².